The Labute approximate surface area is 480 Å². The zero-order chi connectivity index (χ0) is 58.7. The molecule has 2 aliphatic heterocycles. The van der Waals surface area contributed by atoms with E-state index in [-0.39, 0.29) is 67.1 Å². The van der Waals surface area contributed by atoms with Gasteiger partial charge in [0.05, 0.1) is 40.0 Å². The van der Waals surface area contributed by atoms with Crippen LogP contribution >= 0.6 is 11.3 Å². The number of carbonyl (C=O) groups is 5. The number of nitrogens with zero attached hydrogens (tertiary/aromatic N) is 6. The van der Waals surface area contributed by atoms with Crippen LogP contribution in [0.15, 0.2) is 84.8 Å². The van der Waals surface area contributed by atoms with Gasteiger partial charge in [0, 0.05) is 62.9 Å². The minimum Gasteiger partial charge on any atom is -0.406 e. The number of anilines is 2. The van der Waals surface area contributed by atoms with E-state index in [1.54, 1.807) is 22.3 Å². The molecule has 2 aliphatic rings. The van der Waals surface area contributed by atoms with Crippen LogP contribution in [0.4, 0.5) is 24.7 Å². The van der Waals surface area contributed by atoms with Crippen molar-refractivity contribution in [3.05, 3.63) is 107 Å². The summed E-state index contributed by atoms with van der Waals surface area (Å²) in [4.78, 5) is 84.5. The lowest BCUT2D eigenvalue weighted by Gasteiger charge is -2.35. The SMILES string of the molecule is Cc1ncsc1-c1ccc([C@H](C)NC(=O)[C@@H]2C[C@@H](O)CN2C(=O)[C@@H](NC(=O)CCCCCCCCCCC(=O)NCCCn2cc(-c3ccc4c(c3)CCN4C(=O)Cc3cccc(OC(F)(F)F)c3)c3c(N)ncnc32)C(C)(C)C)cc1. The zero-order valence-electron chi connectivity index (χ0n) is 47.3. The number of aliphatic hydroxyl groups excluding tert-OH is 1. The van der Waals surface area contributed by atoms with Gasteiger partial charge in [-0.2, -0.15) is 0 Å². The highest BCUT2D eigenvalue weighted by Gasteiger charge is 2.45. The van der Waals surface area contributed by atoms with E-state index in [2.05, 4.69) is 35.6 Å². The Morgan fingerprint density at radius 3 is 2.23 bits per heavy atom. The van der Waals surface area contributed by atoms with Crippen LogP contribution < -0.4 is 31.3 Å². The van der Waals surface area contributed by atoms with Gasteiger partial charge in [0.2, 0.25) is 29.5 Å². The molecule has 4 atom stereocenters. The van der Waals surface area contributed by atoms with Gasteiger partial charge >= 0.3 is 6.36 Å². The number of fused-ring (bicyclic) bond motifs is 2. The molecule has 0 unspecified atom stereocenters. The smallest absolute Gasteiger partial charge is 0.406 e. The van der Waals surface area contributed by atoms with Gasteiger partial charge in [-0.15, -0.1) is 24.5 Å². The van der Waals surface area contributed by atoms with Crippen molar-refractivity contribution in [1.29, 1.82) is 0 Å². The zero-order valence-corrected chi connectivity index (χ0v) is 48.1. The first kappa shape index (κ1) is 60.7. The number of benzene rings is 3. The van der Waals surface area contributed by atoms with Crippen molar-refractivity contribution in [3.8, 4) is 27.3 Å². The Morgan fingerprint density at radius 2 is 1.55 bits per heavy atom. The van der Waals surface area contributed by atoms with Gasteiger partial charge in [-0.05, 0) is 97.0 Å². The highest BCUT2D eigenvalue weighted by molar-refractivity contribution is 7.13. The van der Waals surface area contributed by atoms with E-state index < -0.39 is 30.0 Å². The number of β-amino-alcohol motifs (C(OH)–C–C–N with tert-alkyl or cyclic N) is 1. The number of rotatable bonds is 25. The number of halogens is 3. The highest BCUT2D eigenvalue weighted by Crippen LogP contribution is 2.38. The van der Waals surface area contributed by atoms with Crippen LogP contribution in [0.1, 0.15) is 133 Å². The summed E-state index contributed by atoms with van der Waals surface area (Å²) in [6.07, 6.45) is 6.96. The Kier molecular flexibility index (Phi) is 20.1. The number of aliphatic hydroxyl groups is 1. The van der Waals surface area contributed by atoms with Gasteiger partial charge in [0.15, 0.2) is 0 Å². The summed E-state index contributed by atoms with van der Waals surface area (Å²) in [5, 5.41) is 20.4. The number of aryl methyl sites for hydroxylation is 2. The van der Waals surface area contributed by atoms with Gasteiger partial charge in [0.1, 0.15) is 35.6 Å². The fourth-order valence-corrected chi connectivity index (χ4v) is 11.7. The molecule has 438 valence electrons. The first-order valence-corrected chi connectivity index (χ1v) is 29.2. The maximum absolute atomic E-state index is 14.1. The van der Waals surface area contributed by atoms with E-state index in [0.717, 1.165) is 89.0 Å². The van der Waals surface area contributed by atoms with E-state index >= 15 is 0 Å². The minimum absolute atomic E-state index is 0.00200. The summed E-state index contributed by atoms with van der Waals surface area (Å²) >= 11 is 1.57. The third-order valence-corrected chi connectivity index (χ3v) is 16.3. The summed E-state index contributed by atoms with van der Waals surface area (Å²) in [7, 11) is 0. The number of amides is 5. The Bertz CT molecular complexity index is 3210. The standard InChI is InChI=1S/C61H75F3N10O7S/c1-38(41-20-22-42(23-21-41)54-39(2)69-37-82-54)70-58(79)49-33-45(75)34-74(49)59(80)55(60(3,4)5)71-51(77)19-13-11-9-7-6-8-10-12-18-50(76)66-27-15-28-72-35-47(53-56(65)67-36-68-57(53)72)43-24-25-48-44(32-43)26-29-73(48)52(78)31-40-16-14-17-46(30-40)81-61(62,63)64/h14,16-17,20-25,30,32,35-38,45,49,55,75H,6-13,15,18-19,26-29,31,33-34H2,1-5H3,(H,66,76)(H,70,79)(H,71,77)(H2,65,67,68)/t38-,45+,49-,55+/m0/s1. The molecular weight excluding hydrogens is 1070 g/mol. The molecule has 8 rings (SSSR count). The molecule has 17 nitrogen and oxygen atoms in total. The van der Waals surface area contributed by atoms with Gasteiger partial charge in [-0.1, -0.05) is 102 Å². The minimum atomic E-state index is -4.83. The van der Waals surface area contributed by atoms with E-state index in [4.69, 9.17) is 5.73 Å². The molecule has 82 heavy (non-hydrogen) atoms. The predicted molar refractivity (Wildman–Crippen MR) is 310 cm³/mol. The lowest BCUT2D eigenvalue weighted by Crippen LogP contribution is -2.57. The number of ether oxygens (including phenoxy) is 1. The number of alkyl halides is 3. The number of likely N-dealkylation sites (tertiary alicyclic amines) is 1. The van der Waals surface area contributed by atoms with Crippen LogP contribution in [0.3, 0.4) is 0 Å². The Balaban J connectivity index is 0.703. The number of nitrogens with one attached hydrogen (secondary N) is 3. The molecule has 0 spiro atoms. The monoisotopic (exact) mass is 1150 g/mol. The molecule has 0 bridgehead atoms. The van der Waals surface area contributed by atoms with Crippen LogP contribution in [0.5, 0.6) is 5.75 Å². The number of nitrogens with two attached hydrogens (primary N) is 1. The number of aromatic nitrogens is 4. The van der Waals surface area contributed by atoms with Crippen molar-refractivity contribution in [2.24, 2.45) is 5.41 Å². The van der Waals surface area contributed by atoms with Crippen molar-refractivity contribution >= 4 is 63.4 Å². The molecule has 3 aromatic carbocycles. The fourth-order valence-electron chi connectivity index (χ4n) is 10.9. The van der Waals surface area contributed by atoms with Crippen molar-refractivity contribution in [2.45, 2.75) is 162 Å². The van der Waals surface area contributed by atoms with Crippen molar-refractivity contribution in [1.82, 2.24) is 40.4 Å². The highest BCUT2D eigenvalue weighted by atomic mass is 32.1. The number of carbonyl (C=O) groups excluding carboxylic acids is 5. The normalized spacial score (nSPS) is 16.0. The van der Waals surface area contributed by atoms with Crippen LogP contribution in [-0.4, -0.2) is 103 Å². The molecule has 1 fully saturated rings. The number of nitrogen functional groups attached to an aromatic ring is 1. The van der Waals surface area contributed by atoms with Crippen molar-refractivity contribution in [3.63, 3.8) is 0 Å². The average molecular weight is 1150 g/mol. The molecule has 5 amide bonds. The van der Waals surface area contributed by atoms with Gasteiger partial charge in [-0.25, -0.2) is 15.0 Å². The number of hydrogen-bond acceptors (Lipinski definition) is 12. The van der Waals surface area contributed by atoms with E-state index in [1.807, 2.05) is 93.4 Å². The first-order valence-electron chi connectivity index (χ1n) is 28.4. The number of hydrogen-bond donors (Lipinski definition) is 5. The predicted octanol–water partition coefficient (Wildman–Crippen LogP) is 9.92. The lowest BCUT2D eigenvalue weighted by atomic mass is 9.85. The van der Waals surface area contributed by atoms with E-state index in [1.165, 1.54) is 29.4 Å². The summed E-state index contributed by atoms with van der Waals surface area (Å²) in [6, 6.07) is 17.1. The maximum atomic E-state index is 14.1. The topological polar surface area (TPSA) is 227 Å². The lowest BCUT2D eigenvalue weighted by molar-refractivity contribution is -0.274. The van der Waals surface area contributed by atoms with Crippen LogP contribution in [0.25, 0.3) is 32.6 Å². The van der Waals surface area contributed by atoms with Crippen molar-refractivity contribution in [2.75, 3.05) is 30.3 Å². The van der Waals surface area contributed by atoms with Gasteiger partial charge in [-0.3, -0.25) is 24.0 Å². The number of unbranched alkanes of at least 4 members (excludes halogenated alkanes) is 7. The van der Waals surface area contributed by atoms with Crippen LogP contribution in [-0.2, 0) is 43.4 Å². The fraction of sp³-hybridized carbons (Fsp3) is 0.475. The van der Waals surface area contributed by atoms with Crippen LogP contribution in [0.2, 0.25) is 0 Å². The summed E-state index contributed by atoms with van der Waals surface area (Å²) in [5.41, 5.74) is 15.0. The average Bonchev–Trinajstić information content (AvgIpc) is 4.41. The molecular formula is C61H75F3N10O7S. The molecule has 6 aromatic rings. The Hall–Kier alpha value is -7.39. The molecule has 6 N–H and O–H groups in total. The summed E-state index contributed by atoms with van der Waals surface area (Å²) in [6.45, 7) is 11.0. The largest absolute Gasteiger partial charge is 0.573 e. The van der Waals surface area contributed by atoms with E-state index in [0.29, 0.717) is 67.7 Å². The van der Waals surface area contributed by atoms with Gasteiger partial charge < -0.3 is 45.9 Å². The first-order chi connectivity index (χ1) is 39.1. The second kappa shape index (κ2) is 27.1. The summed E-state index contributed by atoms with van der Waals surface area (Å²) in [5.74, 6) is -1.25. The third kappa shape index (κ3) is 15.8. The molecule has 0 radical (unpaired) electrons. The molecule has 5 heterocycles. The Morgan fingerprint density at radius 1 is 0.854 bits per heavy atom. The molecule has 1 saturated heterocycles. The van der Waals surface area contributed by atoms with Gasteiger partial charge in [0.25, 0.3) is 0 Å². The summed E-state index contributed by atoms with van der Waals surface area (Å²) < 4.78 is 44.4. The second-order valence-corrected chi connectivity index (χ2v) is 23.5. The second-order valence-electron chi connectivity index (χ2n) is 22.6. The molecule has 3 aromatic heterocycles. The number of thiazole rings is 1. The van der Waals surface area contributed by atoms with Crippen LogP contribution in [0, 0.1) is 12.3 Å². The maximum Gasteiger partial charge on any atom is 0.573 e. The van der Waals surface area contributed by atoms with Crippen molar-refractivity contribution < 1.29 is 47.0 Å². The third-order valence-electron chi connectivity index (χ3n) is 15.3. The van der Waals surface area contributed by atoms with E-state index in [9.17, 15) is 42.3 Å². The molecule has 0 saturated carbocycles. The molecule has 0 aliphatic carbocycles. The molecule has 21 heteroatoms. The quantitative estimate of drug-likeness (QED) is 0.0339.